The summed E-state index contributed by atoms with van der Waals surface area (Å²) < 4.78 is 5.01. The minimum absolute atomic E-state index is 0.0826. The number of rotatable bonds is 3. The molecule has 2 aromatic carbocycles. The molecule has 0 aliphatic carbocycles. The Bertz CT molecular complexity index is 1070. The van der Waals surface area contributed by atoms with Gasteiger partial charge in [-0.1, -0.05) is 54.2 Å². The van der Waals surface area contributed by atoms with Gasteiger partial charge in [0.1, 0.15) is 11.6 Å². The maximum Gasteiger partial charge on any atom is 0.308 e. The molecular formula is C21H15N3O3S. The molecule has 138 valence electrons. The van der Waals surface area contributed by atoms with Crippen LogP contribution >= 0.6 is 11.8 Å². The summed E-state index contributed by atoms with van der Waals surface area (Å²) in [5.74, 6) is -0.344. The van der Waals surface area contributed by atoms with Crippen LogP contribution in [-0.4, -0.2) is 27.8 Å². The lowest BCUT2D eigenvalue weighted by Gasteiger charge is -2.26. The molecule has 28 heavy (non-hydrogen) atoms. The van der Waals surface area contributed by atoms with E-state index in [1.165, 1.54) is 18.7 Å². The number of carbonyl (C=O) groups is 2. The van der Waals surface area contributed by atoms with Gasteiger partial charge in [-0.3, -0.25) is 19.9 Å². The van der Waals surface area contributed by atoms with Crippen LogP contribution in [0.4, 0.5) is 0 Å². The van der Waals surface area contributed by atoms with Gasteiger partial charge in [-0.2, -0.15) is 4.99 Å². The van der Waals surface area contributed by atoms with E-state index in [0.29, 0.717) is 16.5 Å². The van der Waals surface area contributed by atoms with Crippen LogP contribution in [0.2, 0.25) is 0 Å². The number of benzene rings is 2. The normalized spacial score (nSPS) is 17.3. The van der Waals surface area contributed by atoms with Crippen LogP contribution in [0.5, 0.6) is 5.75 Å². The molecule has 4 rings (SSSR count). The van der Waals surface area contributed by atoms with Gasteiger partial charge in [0.15, 0.2) is 5.17 Å². The van der Waals surface area contributed by atoms with Crippen LogP contribution in [0.1, 0.15) is 18.1 Å². The van der Waals surface area contributed by atoms with E-state index in [1.54, 1.807) is 35.2 Å². The summed E-state index contributed by atoms with van der Waals surface area (Å²) in [6, 6.07) is 16.4. The summed E-state index contributed by atoms with van der Waals surface area (Å²) in [5.41, 5.74) is 2.68. The van der Waals surface area contributed by atoms with E-state index in [1.807, 2.05) is 35.7 Å². The van der Waals surface area contributed by atoms with Crippen molar-refractivity contribution in [3.8, 4) is 5.75 Å². The van der Waals surface area contributed by atoms with Crippen LogP contribution in [0.25, 0.3) is 11.8 Å². The van der Waals surface area contributed by atoms with Crippen molar-refractivity contribution in [1.82, 2.24) is 4.90 Å². The largest absolute Gasteiger partial charge is 0.427 e. The second kappa shape index (κ2) is 7.28. The molecule has 0 radical (unpaired) electrons. The summed E-state index contributed by atoms with van der Waals surface area (Å²) in [7, 11) is 0. The van der Waals surface area contributed by atoms with Crippen LogP contribution in [-0.2, 0) is 9.59 Å². The highest BCUT2D eigenvalue weighted by molar-refractivity contribution is 8.17. The van der Waals surface area contributed by atoms with E-state index < -0.39 is 11.9 Å². The maximum absolute atomic E-state index is 12.5. The third-order valence-electron chi connectivity index (χ3n) is 4.14. The summed E-state index contributed by atoms with van der Waals surface area (Å²) in [5, 5.41) is 11.0. The van der Waals surface area contributed by atoms with E-state index in [0.717, 1.165) is 11.3 Å². The SMILES string of the molecule is CC(=O)Oc1ccc(/C=C2/C(=N)N3C(c4ccccc4)=CSC3=NC2=O)cc1. The van der Waals surface area contributed by atoms with Crippen molar-refractivity contribution < 1.29 is 14.3 Å². The fourth-order valence-corrected chi connectivity index (χ4v) is 3.77. The fourth-order valence-electron chi connectivity index (χ4n) is 2.88. The van der Waals surface area contributed by atoms with Gasteiger partial charge in [0.2, 0.25) is 0 Å². The number of amidine groups is 2. The smallest absolute Gasteiger partial charge is 0.308 e. The minimum atomic E-state index is -0.449. The topological polar surface area (TPSA) is 82.8 Å². The monoisotopic (exact) mass is 389 g/mol. The van der Waals surface area contributed by atoms with E-state index in [-0.39, 0.29) is 11.4 Å². The van der Waals surface area contributed by atoms with Crippen molar-refractivity contribution in [1.29, 1.82) is 5.41 Å². The first kappa shape index (κ1) is 17.9. The number of nitrogens with one attached hydrogen (secondary N) is 1. The predicted molar refractivity (Wildman–Crippen MR) is 110 cm³/mol. The number of carbonyl (C=O) groups excluding carboxylic acids is 2. The molecule has 0 unspecified atom stereocenters. The van der Waals surface area contributed by atoms with Crippen LogP contribution in [0.15, 0.2) is 70.6 Å². The molecule has 1 amide bonds. The third kappa shape index (κ3) is 3.39. The van der Waals surface area contributed by atoms with Crippen molar-refractivity contribution in [3.63, 3.8) is 0 Å². The standard InChI is InChI=1S/C21H15N3O3S/c1-13(25)27-16-9-7-14(8-10-16)11-17-19(22)24-18(15-5-3-2-4-6-15)12-28-21(24)23-20(17)26/h2-12,22H,1H3/b17-11-,22-19?. The summed E-state index contributed by atoms with van der Waals surface area (Å²) in [4.78, 5) is 29.3. The molecule has 6 nitrogen and oxygen atoms in total. The van der Waals surface area contributed by atoms with Gasteiger partial charge >= 0.3 is 5.97 Å². The average molecular weight is 389 g/mol. The van der Waals surface area contributed by atoms with Gasteiger partial charge in [-0.25, -0.2) is 0 Å². The van der Waals surface area contributed by atoms with E-state index in [9.17, 15) is 9.59 Å². The van der Waals surface area contributed by atoms with Gasteiger partial charge in [-0.15, -0.1) is 0 Å². The molecule has 2 aliphatic heterocycles. The van der Waals surface area contributed by atoms with E-state index in [4.69, 9.17) is 10.1 Å². The highest BCUT2D eigenvalue weighted by Gasteiger charge is 2.36. The van der Waals surface area contributed by atoms with Gasteiger partial charge in [0.05, 0.1) is 11.3 Å². The van der Waals surface area contributed by atoms with Gasteiger partial charge in [0.25, 0.3) is 5.91 Å². The first-order valence-corrected chi connectivity index (χ1v) is 9.35. The molecule has 2 aliphatic rings. The van der Waals surface area contributed by atoms with Crippen molar-refractivity contribution in [2.24, 2.45) is 4.99 Å². The zero-order valence-corrected chi connectivity index (χ0v) is 15.7. The highest BCUT2D eigenvalue weighted by atomic mass is 32.2. The molecular weight excluding hydrogens is 374 g/mol. The van der Waals surface area contributed by atoms with Crippen LogP contribution in [0.3, 0.4) is 0 Å². The molecule has 0 fully saturated rings. The number of hydrogen-bond acceptors (Lipinski definition) is 5. The Kier molecular flexibility index (Phi) is 4.67. The molecule has 0 saturated heterocycles. The summed E-state index contributed by atoms with van der Waals surface area (Å²) >= 11 is 1.33. The predicted octanol–water partition coefficient (Wildman–Crippen LogP) is 3.92. The van der Waals surface area contributed by atoms with Crippen LogP contribution in [0, 0.1) is 5.41 Å². The Labute approximate surface area is 165 Å². The van der Waals surface area contributed by atoms with Gasteiger partial charge in [-0.05, 0) is 29.3 Å². The Morgan fingerprint density at radius 2 is 1.86 bits per heavy atom. The molecule has 0 atom stereocenters. The van der Waals surface area contributed by atoms with Gasteiger partial charge in [0, 0.05) is 12.3 Å². The number of hydrogen-bond donors (Lipinski definition) is 1. The van der Waals surface area contributed by atoms with E-state index in [2.05, 4.69) is 4.99 Å². The van der Waals surface area contributed by atoms with Crippen molar-refractivity contribution in [2.75, 3.05) is 0 Å². The number of fused-ring (bicyclic) bond motifs is 1. The lowest BCUT2D eigenvalue weighted by molar-refractivity contribution is -0.131. The van der Waals surface area contributed by atoms with Crippen molar-refractivity contribution >= 4 is 46.4 Å². The minimum Gasteiger partial charge on any atom is -0.427 e. The lowest BCUT2D eigenvalue weighted by Crippen LogP contribution is -2.38. The number of nitrogens with zero attached hydrogens (tertiary/aromatic N) is 2. The number of thioether (sulfide) groups is 1. The molecule has 0 spiro atoms. The summed E-state index contributed by atoms with van der Waals surface area (Å²) in [6.07, 6.45) is 1.62. The number of esters is 1. The molecule has 7 heteroatoms. The van der Waals surface area contributed by atoms with E-state index >= 15 is 0 Å². The second-order valence-electron chi connectivity index (χ2n) is 6.09. The zero-order valence-electron chi connectivity index (χ0n) is 14.9. The molecule has 0 bridgehead atoms. The van der Waals surface area contributed by atoms with Gasteiger partial charge < -0.3 is 4.74 Å². The maximum atomic E-state index is 12.5. The Balaban J connectivity index is 1.65. The molecule has 2 heterocycles. The molecule has 2 aromatic rings. The number of aliphatic imine (C=N–C) groups is 1. The number of amides is 1. The summed E-state index contributed by atoms with van der Waals surface area (Å²) in [6.45, 7) is 1.33. The van der Waals surface area contributed by atoms with Crippen molar-refractivity contribution in [3.05, 3.63) is 76.7 Å². The first-order valence-electron chi connectivity index (χ1n) is 8.47. The number of ether oxygens (including phenoxy) is 1. The molecule has 1 N–H and O–H groups in total. The average Bonchev–Trinajstić information content (AvgIpc) is 3.10. The Morgan fingerprint density at radius 3 is 2.54 bits per heavy atom. The second-order valence-corrected chi connectivity index (χ2v) is 6.93. The Morgan fingerprint density at radius 1 is 1.14 bits per heavy atom. The highest BCUT2D eigenvalue weighted by Crippen LogP contribution is 2.37. The van der Waals surface area contributed by atoms with Crippen LogP contribution < -0.4 is 4.74 Å². The quantitative estimate of drug-likeness (QED) is 0.489. The fraction of sp³-hybridized carbons (Fsp3) is 0.0476. The first-order chi connectivity index (χ1) is 13.5. The zero-order chi connectivity index (χ0) is 19.7. The van der Waals surface area contributed by atoms with Crippen molar-refractivity contribution in [2.45, 2.75) is 6.92 Å². The molecule has 0 saturated carbocycles. The third-order valence-corrected chi connectivity index (χ3v) is 4.96. The Hall–Kier alpha value is -3.45. The molecule has 0 aromatic heterocycles. The lowest BCUT2D eigenvalue weighted by atomic mass is 10.1.